The van der Waals surface area contributed by atoms with Gasteiger partial charge in [-0.3, -0.25) is 29.1 Å². The average Bonchev–Trinajstić information content (AvgIpc) is 2.84. The van der Waals surface area contributed by atoms with Gasteiger partial charge in [-0.25, -0.2) is 0 Å². The van der Waals surface area contributed by atoms with Crippen molar-refractivity contribution in [1.82, 2.24) is 14.7 Å². The number of rotatable bonds is 6. The smallest absolute Gasteiger partial charge is 0.261 e. The molecule has 0 N–H and O–H groups in total. The zero-order chi connectivity index (χ0) is 22.1. The molecular weight excluding hydrogens is 402 g/mol. The van der Waals surface area contributed by atoms with Gasteiger partial charge in [0.2, 0.25) is 0 Å². The molecule has 1 fully saturated rings. The van der Waals surface area contributed by atoms with Gasteiger partial charge in [0.25, 0.3) is 11.8 Å². The Morgan fingerprint density at radius 1 is 0.688 bits per heavy atom. The van der Waals surface area contributed by atoms with E-state index in [1.54, 1.807) is 12.1 Å². The highest BCUT2D eigenvalue weighted by Crippen LogP contribution is 2.29. The molecule has 0 radical (unpaired) electrons. The number of nitrogens with zero attached hydrogens (tertiary/aromatic N) is 3. The highest BCUT2D eigenvalue weighted by molar-refractivity contribution is 6.25. The molecule has 5 rings (SSSR count). The van der Waals surface area contributed by atoms with Crippen LogP contribution in [-0.4, -0.2) is 78.1 Å². The average molecular weight is 428 g/mol. The third kappa shape index (κ3) is 3.83. The predicted octanol–water partition coefficient (Wildman–Crippen LogP) is 2.94. The number of carbonyl (C=O) groups excluding carboxylic acids is 3. The van der Waals surface area contributed by atoms with Crippen LogP contribution in [0.1, 0.15) is 31.1 Å². The molecule has 3 aromatic carbocycles. The topological polar surface area (TPSA) is 60.9 Å². The van der Waals surface area contributed by atoms with Crippen molar-refractivity contribution in [3.8, 4) is 0 Å². The van der Waals surface area contributed by atoms with Crippen LogP contribution in [0.3, 0.4) is 0 Å². The van der Waals surface area contributed by atoms with Crippen LogP contribution in [0.15, 0.2) is 66.7 Å². The molecule has 6 heteroatoms. The number of imide groups is 1. The van der Waals surface area contributed by atoms with E-state index < -0.39 is 0 Å². The van der Waals surface area contributed by atoms with Crippen LogP contribution in [0, 0.1) is 0 Å². The maximum absolute atomic E-state index is 13.0. The first-order chi connectivity index (χ1) is 15.6. The lowest BCUT2D eigenvalue weighted by Gasteiger charge is -2.35. The lowest BCUT2D eigenvalue weighted by atomic mass is 9.94. The summed E-state index contributed by atoms with van der Waals surface area (Å²) in [5.41, 5.74) is 1.94. The molecule has 0 aliphatic carbocycles. The van der Waals surface area contributed by atoms with Crippen molar-refractivity contribution in [2.75, 3.05) is 45.8 Å². The molecule has 32 heavy (non-hydrogen) atoms. The summed E-state index contributed by atoms with van der Waals surface area (Å²) < 4.78 is 0. The number of piperazine rings is 1. The molecule has 2 aliphatic rings. The highest BCUT2D eigenvalue weighted by Gasteiger charge is 2.32. The molecule has 2 heterocycles. The van der Waals surface area contributed by atoms with E-state index in [9.17, 15) is 14.4 Å². The molecule has 2 amide bonds. The van der Waals surface area contributed by atoms with E-state index in [1.165, 1.54) is 4.90 Å². The normalized spacial score (nSPS) is 17.2. The molecule has 6 nitrogen and oxygen atoms in total. The Morgan fingerprint density at radius 2 is 1.28 bits per heavy atom. The molecular formula is C26H25N3O3. The molecule has 1 saturated heterocycles. The van der Waals surface area contributed by atoms with Gasteiger partial charge in [0.1, 0.15) is 0 Å². The number of amides is 2. The number of carbonyl (C=O) groups is 3. The monoisotopic (exact) mass is 427 g/mol. The Bertz CT molecular complexity index is 1130. The van der Waals surface area contributed by atoms with Crippen LogP contribution >= 0.6 is 0 Å². The molecule has 0 atom stereocenters. The lowest BCUT2D eigenvalue weighted by Crippen LogP contribution is -2.51. The fraction of sp³-hybridized carbons (Fsp3) is 0.269. The fourth-order valence-corrected chi connectivity index (χ4v) is 4.61. The molecule has 0 unspecified atom stereocenters. The predicted molar refractivity (Wildman–Crippen MR) is 123 cm³/mol. The van der Waals surface area contributed by atoms with Gasteiger partial charge in [-0.1, -0.05) is 54.6 Å². The summed E-state index contributed by atoms with van der Waals surface area (Å²) in [5, 5.41) is 1.68. The van der Waals surface area contributed by atoms with Gasteiger partial charge in [0, 0.05) is 61.3 Å². The summed E-state index contributed by atoms with van der Waals surface area (Å²) in [5.74, 6) is -0.297. The van der Waals surface area contributed by atoms with Gasteiger partial charge in [-0.05, 0) is 17.5 Å². The number of Topliss-reactive ketones (excluding diaryl/α,β-unsaturated/α-hetero) is 1. The van der Waals surface area contributed by atoms with Crippen LogP contribution in [0.25, 0.3) is 10.8 Å². The second-order valence-corrected chi connectivity index (χ2v) is 8.38. The minimum atomic E-state index is -0.216. The second kappa shape index (κ2) is 8.65. The van der Waals surface area contributed by atoms with Crippen molar-refractivity contribution in [2.24, 2.45) is 0 Å². The van der Waals surface area contributed by atoms with Crippen molar-refractivity contribution in [2.45, 2.75) is 0 Å². The van der Waals surface area contributed by atoms with Crippen LogP contribution in [0.4, 0.5) is 0 Å². The molecule has 2 aliphatic heterocycles. The second-order valence-electron chi connectivity index (χ2n) is 8.38. The Morgan fingerprint density at radius 3 is 1.91 bits per heavy atom. The van der Waals surface area contributed by atoms with E-state index >= 15 is 0 Å². The first kappa shape index (κ1) is 20.5. The van der Waals surface area contributed by atoms with Crippen molar-refractivity contribution < 1.29 is 14.4 Å². The first-order valence-corrected chi connectivity index (χ1v) is 11.0. The summed E-state index contributed by atoms with van der Waals surface area (Å²) in [7, 11) is 0. The van der Waals surface area contributed by atoms with Gasteiger partial charge in [0.05, 0.1) is 6.54 Å². The molecule has 0 bridgehead atoms. The van der Waals surface area contributed by atoms with Crippen molar-refractivity contribution in [3.05, 3.63) is 83.4 Å². The third-order valence-electron chi connectivity index (χ3n) is 6.42. The maximum Gasteiger partial charge on any atom is 0.261 e. The standard InChI is InChI=1S/C26H25N3O3/c30-23(19-6-2-1-3-7-19)18-28-14-12-27(13-15-28)16-17-29-25(31)21-10-4-8-20-9-5-11-22(24(20)21)26(29)32/h1-11H,12-18H2. The van der Waals surface area contributed by atoms with Crippen LogP contribution in [0.5, 0.6) is 0 Å². The first-order valence-electron chi connectivity index (χ1n) is 11.0. The van der Waals surface area contributed by atoms with Crippen molar-refractivity contribution in [3.63, 3.8) is 0 Å². The molecule has 3 aromatic rings. The van der Waals surface area contributed by atoms with E-state index in [0.29, 0.717) is 30.8 Å². The summed E-state index contributed by atoms with van der Waals surface area (Å²) in [6.45, 7) is 4.63. The van der Waals surface area contributed by atoms with E-state index in [-0.39, 0.29) is 17.6 Å². The van der Waals surface area contributed by atoms with Gasteiger partial charge >= 0.3 is 0 Å². The highest BCUT2D eigenvalue weighted by atomic mass is 16.2. The number of benzene rings is 3. The molecule has 0 saturated carbocycles. The van der Waals surface area contributed by atoms with Gasteiger partial charge in [0.15, 0.2) is 5.78 Å². The quantitative estimate of drug-likeness (QED) is 0.447. The number of hydrogen-bond donors (Lipinski definition) is 0. The van der Waals surface area contributed by atoms with E-state index in [0.717, 1.165) is 42.5 Å². The zero-order valence-electron chi connectivity index (χ0n) is 17.9. The minimum absolute atomic E-state index is 0.136. The number of ketones is 1. The fourth-order valence-electron chi connectivity index (χ4n) is 4.61. The van der Waals surface area contributed by atoms with E-state index in [4.69, 9.17) is 0 Å². The van der Waals surface area contributed by atoms with Crippen molar-refractivity contribution >= 4 is 28.4 Å². The molecule has 162 valence electrons. The maximum atomic E-state index is 13.0. The lowest BCUT2D eigenvalue weighted by molar-refractivity contribution is 0.0566. The van der Waals surface area contributed by atoms with Crippen molar-refractivity contribution in [1.29, 1.82) is 0 Å². The third-order valence-corrected chi connectivity index (χ3v) is 6.42. The zero-order valence-corrected chi connectivity index (χ0v) is 17.9. The molecule has 0 spiro atoms. The summed E-state index contributed by atoms with van der Waals surface area (Å²) in [6.07, 6.45) is 0. The Balaban J connectivity index is 1.18. The Labute approximate surface area is 187 Å². The van der Waals surface area contributed by atoms with Crippen LogP contribution < -0.4 is 0 Å². The van der Waals surface area contributed by atoms with Crippen LogP contribution in [0.2, 0.25) is 0 Å². The number of hydrogen-bond acceptors (Lipinski definition) is 5. The summed E-state index contributed by atoms with van der Waals surface area (Å²) in [4.78, 5) is 44.3. The molecule has 0 aromatic heterocycles. The van der Waals surface area contributed by atoms with Gasteiger partial charge < -0.3 is 0 Å². The SMILES string of the molecule is O=C(CN1CCN(CCN2C(=O)c3cccc4cccc(c34)C2=O)CC1)c1ccccc1. The summed E-state index contributed by atoms with van der Waals surface area (Å²) in [6, 6.07) is 20.6. The summed E-state index contributed by atoms with van der Waals surface area (Å²) >= 11 is 0. The Hall–Kier alpha value is -3.35. The van der Waals surface area contributed by atoms with Crippen LogP contribution in [-0.2, 0) is 0 Å². The van der Waals surface area contributed by atoms with E-state index in [1.807, 2.05) is 54.6 Å². The minimum Gasteiger partial charge on any atom is -0.299 e. The largest absolute Gasteiger partial charge is 0.299 e. The van der Waals surface area contributed by atoms with E-state index in [2.05, 4.69) is 9.80 Å². The van der Waals surface area contributed by atoms with Gasteiger partial charge in [-0.2, -0.15) is 0 Å². The van der Waals surface area contributed by atoms with Gasteiger partial charge in [-0.15, -0.1) is 0 Å². The Kier molecular flexibility index (Phi) is 5.55.